The Labute approximate surface area is 234 Å². The minimum atomic E-state index is -1.87. The molecular weight excluding hydrogens is 524 g/mol. The largest absolute Gasteiger partial charge is 0.478 e. The number of carbonyl (C=O) groups is 5. The molecule has 0 aromatic heterocycles. The number of ether oxygens (including phenoxy) is 2. The van der Waals surface area contributed by atoms with Crippen molar-refractivity contribution in [3.8, 4) is 5.75 Å². The molecule has 4 N–H and O–H groups in total. The molecule has 0 aliphatic carbocycles. The van der Waals surface area contributed by atoms with Gasteiger partial charge in [-0.1, -0.05) is 37.5 Å². The summed E-state index contributed by atoms with van der Waals surface area (Å²) >= 11 is 0. The van der Waals surface area contributed by atoms with Crippen LogP contribution in [0, 0.1) is 6.92 Å². The Hall–Kier alpha value is -4.03. The summed E-state index contributed by atoms with van der Waals surface area (Å²) in [5.74, 6) is -3.02. The summed E-state index contributed by atoms with van der Waals surface area (Å²) < 4.78 is 10.1. The maximum absolute atomic E-state index is 12.1. The van der Waals surface area contributed by atoms with Crippen LogP contribution in [0.25, 0.3) is 0 Å². The smallest absolute Gasteiger partial charge is 0.410 e. The molecule has 1 aliphatic rings. The molecule has 40 heavy (non-hydrogen) atoms. The highest BCUT2D eigenvalue weighted by Gasteiger charge is 2.28. The van der Waals surface area contributed by atoms with Crippen LogP contribution in [0.1, 0.15) is 52.5 Å². The zero-order valence-corrected chi connectivity index (χ0v) is 23.9. The van der Waals surface area contributed by atoms with Crippen molar-refractivity contribution in [3.05, 3.63) is 29.8 Å². The molecule has 1 aromatic rings. The fourth-order valence-electron chi connectivity index (χ4n) is 3.31. The topological polar surface area (TPSA) is 175 Å². The molecule has 13 heteroatoms. The van der Waals surface area contributed by atoms with Crippen LogP contribution in [-0.4, -0.2) is 101 Å². The van der Waals surface area contributed by atoms with E-state index in [1.54, 1.807) is 21.9 Å². The van der Waals surface area contributed by atoms with Crippen LogP contribution in [0.5, 0.6) is 5.75 Å². The van der Waals surface area contributed by atoms with E-state index < -0.39 is 23.6 Å². The molecule has 1 saturated heterocycles. The van der Waals surface area contributed by atoms with Crippen molar-refractivity contribution in [1.29, 1.82) is 0 Å². The molecule has 0 atom stereocenters. The van der Waals surface area contributed by atoms with Crippen molar-refractivity contribution in [3.63, 3.8) is 0 Å². The number of rotatable bonds is 10. The van der Waals surface area contributed by atoms with E-state index in [9.17, 15) is 24.0 Å². The van der Waals surface area contributed by atoms with Crippen molar-refractivity contribution >= 4 is 30.0 Å². The van der Waals surface area contributed by atoms with Gasteiger partial charge in [-0.25, -0.2) is 19.2 Å². The number of hydrogen-bond donors (Lipinski definition) is 4. The molecule has 0 bridgehead atoms. The lowest BCUT2D eigenvalue weighted by Crippen LogP contribution is -2.54. The molecule has 0 unspecified atom stereocenters. The fraction of sp³-hybridized carbons (Fsp3) is 0.593. The van der Waals surface area contributed by atoms with E-state index in [0.717, 1.165) is 24.8 Å². The zero-order valence-electron chi connectivity index (χ0n) is 23.9. The second kappa shape index (κ2) is 16.8. The van der Waals surface area contributed by atoms with Gasteiger partial charge in [-0.2, -0.15) is 0 Å². The van der Waals surface area contributed by atoms with Crippen molar-refractivity contribution in [2.75, 3.05) is 39.3 Å². The predicted octanol–water partition coefficient (Wildman–Crippen LogP) is 2.47. The summed E-state index contributed by atoms with van der Waals surface area (Å²) in [5.41, 5.74) is 0.445. The molecule has 0 saturated carbocycles. The van der Waals surface area contributed by atoms with Gasteiger partial charge in [-0.15, -0.1) is 0 Å². The van der Waals surface area contributed by atoms with Crippen molar-refractivity contribution in [2.24, 2.45) is 0 Å². The molecule has 1 aliphatic heterocycles. The van der Waals surface area contributed by atoms with Crippen LogP contribution in [0.4, 0.5) is 9.59 Å². The minimum absolute atomic E-state index is 0.0305. The number of aliphatic carboxylic acids is 2. The molecular formula is C27H42N4O9. The molecule has 0 spiro atoms. The van der Waals surface area contributed by atoms with Gasteiger partial charge < -0.3 is 40.1 Å². The molecule has 0 radical (unpaired) electrons. The zero-order chi connectivity index (χ0) is 30.3. The van der Waals surface area contributed by atoms with Crippen LogP contribution >= 0.6 is 0 Å². The second-order valence-electron chi connectivity index (χ2n) is 10.2. The number of carboxylic acids is 2. The van der Waals surface area contributed by atoms with Gasteiger partial charge in [0.1, 0.15) is 11.4 Å². The Morgan fingerprint density at radius 3 is 1.95 bits per heavy atom. The first-order chi connectivity index (χ1) is 18.7. The summed E-state index contributed by atoms with van der Waals surface area (Å²) in [7, 11) is 0. The van der Waals surface area contributed by atoms with E-state index in [1.807, 2.05) is 27.7 Å². The van der Waals surface area contributed by atoms with Crippen LogP contribution < -0.4 is 15.4 Å². The lowest BCUT2D eigenvalue weighted by atomic mass is 10.2. The molecule has 224 valence electrons. The fourth-order valence-corrected chi connectivity index (χ4v) is 3.31. The van der Waals surface area contributed by atoms with Crippen molar-refractivity contribution < 1.29 is 43.7 Å². The van der Waals surface area contributed by atoms with Crippen LogP contribution in [0.15, 0.2) is 24.3 Å². The molecule has 4 amide bonds. The van der Waals surface area contributed by atoms with Gasteiger partial charge in [0.25, 0.3) is 6.10 Å². The first-order valence-electron chi connectivity index (χ1n) is 13.2. The van der Waals surface area contributed by atoms with E-state index in [-0.39, 0.29) is 30.3 Å². The van der Waals surface area contributed by atoms with Crippen molar-refractivity contribution in [2.45, 2.75) is 65.6 Å². The molecule has 1 aromatic carbocycles. The van der Waals surface area contributed by atoms with E-state index in [0.29, 0.717) is 32.7 Å². The first kappa shape index (κ1) is 34.0. The summed E-state index contributed by atoms with van der Waals surface area (Å²) in [5, 5.41) is 22.5. The standard InChI is InChI=1S/C17H32N4O4.C10H10O5/c1-5-6-7-8-18-14(22)13-19-15(23)20-9-11-21(12-10-20)16(24)25-17(2,3)4;1-6-2-4-7(5-3-6)15-8(9(11)12)10(13)14/h5-13H2,1-4H3,(H,18,22)(H,19,23);2-5,8H,1H3,(H,11,12)(H,13,14). The van der Waals surface area contributed by atoms with Gasteiger partial charge in [0.2, 0.25) is 5.91 Å². The van der Waals surface area contributed by atoms with Gasteiger partial charge in [0.15, 0.2) is 0 Å². The van der Waals surface area contributed by atoms with E-state index in [4.69, 9.17) is 19.7 Å². The monoisotopic (exact) mass is 566 g/mol. The van der Waals surface area contributed by atoms with E-state index in [2.05, 4.69) is 17.6 Å². The summed E-state index contributed by atoms with van der Waals surface area (Å²) in [6.07, 6.45) is 0.894. The van der Waals surface area contributed by atoms with Gasteiger partial charge in [-0.3, -0.25) is 4.79 Å². The number of nitrogens with zero attached hydrogens (tertiary/aromatic N) is 2. The molecule has 1 heterocycles. The SMILES string of the molecule is CCCCCNC(=O)CNC(=O)N1CCN(C(=O)OC(C)(C)C)CC1.Cc1ccc(OC(C(=O)O)C(=O)O)cc1. The Morgan fingerprint density at radius 1 is 0.900 bits per heavy atom. The van der Waals surface area contributed by atoms with Gasteiger partial charge in [0.05, 0.1) is 6.54 Å². The maximum atomic E-state index is 12.1. The third-order valence-electron chi connectivity index (χ3n) is 5.44. The number of hydrogen-bond acceptors (Lipinski definition) is 7. The van der Waals surface area contributed by atoms with Gasteiger partial charge in [0, 0.05) is 32.7 Å². The van der Waals surface area contributed by atoms with Crippen LogP contribution in [0.3, 0.4) is 0 Å². The van der Waals surface area contributed by atoms with Crippen molar-refractivity contribution in [1.82, 2.24) is 20.4 Å². The number of carbonyl (C=O) groups excluding carboxylic acids is 3. The van der Waals surface area contributed by atoms with Crippen LogP contribution in [-0.2, 0) is 19.1 Å². The number of carboxylic acid groups (broad SMARTS) is 2. The number of urea groups is 1. The summed E-state index contributed by atoms with van der Waals surface area (Å²) in [4.78, 5) is 59.9. The number of benzene rings is 1. The summed E-state index contributed by atoms with van der Waals surface area (Å²) in [6, 6.07) is 6.17. The first-order valence-corrected chi connectivity index (χ1v) is 13.2. The highest BCUT2D eigenvalue weighted by molar-refractivity contribution is 5.96. The van der Waals surface area contributed by atoms with Gasteiger partial charge in [-0.05, 0) is 46.2 Å². The molecule has 2 rings (SSSR count). The maximum Gasteiger partial charge on any atom is 0.410 e. The normalized spacial score (nSPS) is 13.1. The van der Waals surface area contributed by atoms with E-state index in [1.165, 1.54) is 12.1 Å². The summed E-state index contributed by atoms with van der Waals surface area (Å²) in [6.45, 7) is 11.7. The number of amides is 4. The number of nitrogens with one attached hydrogen (secondary N) is 2. The quantitative estimate of drug-likeness (QED) is 0.245. The molecule has 1 fully saturated rings. The Balaban J connectivity index is 0.000000453. The Bertz CT molecular complexity index is 971. The minimum Gasteiger partial charge on any atom is -0.478 e. The highest BCUT2D eigenvalue weighted by Crippen LogP contribution is 2.14. The predicted molar refractivity (Wildman–Crippen MR) is 146 cm³/mol. The highest BCUT2D eigenvalue weighted by atomic mass is 16.6. The molecule has 13 nitrogen and oxygen atoms in total. The lowest BCUT2D eigenvalue weighted by molar-refractivity contribution is -0.159. The third kappa shape index (κ3) is 13.7. The number of aryl methyl sites for hydroxylation is 1. The van der Waals surface area contributed by atoms with Crippen LogP contribution in [0.2, 0.25) is 0 Å². The number of unbranched alkanes of at least 4 members (excludes halogenated alkanes) is 2. The van der Waals surface area contributed by atoms with E-state index >= 15 is 0 Å². The Kier molecular flexibility index (Phi) is 14.3. The average molecular weight is 567 g/mol. The second-order valence-corrected chi connectivity index (χ2v) is 10.2. The third-order valence-corrected chi connectivity index (χ3v) is 5.44. The lowest BCUT2D eigenvalue weighted by Gasteiger charge is -2.35. The average Bonchev–Trinajstić information content (AvgIpc) is 2.88. The number of piperazine rings is 1. The van der Waals surface area contributed by atoms with Gasteiger partial charge >= 0.3 is 24.1 Å². The Morgan fingerprint density at radius 2 is 1.45 bits per heavy atom.